The first-order valence-corrected chi connectivity index (χ1v) is 10.9. The van der Waals surface area contributed by atoms with Crippen molar-refractivity contribution in [1.82, 2.24) is 4.90 Å². The molecule has 3 aromatic carbocycles. The highest BCUT2D eigenvalue weighted by atomic mass is 16.6. The van der Waals surface area contributed by atoms with Crippen molar-refractivity contribution in [2.24, 2.45) is 0 Å². The van der Waals surface area contributed by atoms with Gasteiger partial charge in [0.2, 0.25) is 0 Å². The van der Waals surface area contributed by atoms with Gasteiger partial charge in [0, 0.05) is 62.3 Å². The summed E-state index contributed by atoms with van der Waals surface area (Å²) in [6, 6.07) is 22.5. The number of nitrogens with zero attached hydrogens (tertiary/aromatic N) is 3. The summed E-state index contributed by atoms with van der Waals surface area (Å²) in [4.78, 5) is 26.8. The van der Waals surface area contributed by atoms with Gasteiger partial charge in [0.25, 0.3) is 5.69 Å². The normalized spacial score (nSPS) is 14.1. The lowest BCUT2D eigenvalue weighted by Gasteiger charge is -2.36. The Morgan fingerprint density at radius 3 is 2.42 bits per heavy atom. The van der Waals surface area contributed by atoms with Gasteiger partial charge in [-0.15, -0.1) is 0 Å². The number of hydrogen-bond acceptors (Lipinski definition) is 6. The Labute approximate surface area is 192 Å². The molecule has 33 heavy (non-hydrogen) atoms. The van der Waals surface area contributed by atoms with Crippen LogP contribution in [0, 0.1) is 10.1 Å². The van der Waals surface area contributed by atoms with E-state index < -0.39 is 10.9 Å². The molecule has 0 amide bonds. The molecule has 3 aromatic rings. The zero-order chi connectivity index (χ0) is 23.2. The SMILES string of the molecule is O=C(O)c1ccc(CNc2cccc(N3CCN(Cc4ccccc4)CC3)c2)c([N+](=O)[O-])c1. The molecule has 8 heteroatoms. The lowest BCUT2D eigenvalue weighted by atomic mass is 10.1. The molecule has 4 rings (SSSR count). The summed E-state index contributed by atoms with van der Waals surface area (Å²) in [7, 11) is 0. The molecule has 1 heterocycles. The van der Waals surface area contributed by atoms with Gasteiger partial charge in [-0.25, -0.2) is 4.79 Å². The predicted octanol–water partition coefficient (Wildman–Crippen LogP) is 4.23. The van der Waals surface area contributed by atoms with E-state index >= 15 is 0 Å². The Morgan fingerprint density at radius 1 is 0.970 bits per heavy atom. The van der Waals surface area contributed by atoms with Crippen LogP contribution in [-0.4, -0.2) is 47.1 Å². The zero-order valence-electron chi connectivity index (χ0n) is 18.2. The standard InChI is InChI=1S/C25H26N4O4/c30-25(31)20-9-10-21(24(15-20)29(32)33)17-26-22-7-4-8-23(16-22)28-13-11-27(12-14-28)18-19-5-2-1-3-6-19/h1-10,15-16,26H,11-14,17-18H2,(H,30,31). The van der Waals surface area contributed by atoms with Crippen LogP contribution in [0.5, 0.6) is 0 Å². The minimum absolute atomic E-state index is 0.0983. The molecule has 0 spiro atoms. The maximum Gasteiger partial charge on any atom is 0.335 e. The molecular weight excluding hydrogens is 420 g/mol. The summed E-state index contributed by atoms with van der Waals surface area (Å²) in [6.45, 7) is 5.00. The Bertz CT molecular complexity index is 1130. The van der Waals surface area contributed by atoms with Crippen molar-refractivity contribution in [3.63, 3.8) is 0 Å². The van der Waals surface area contributed by atoms with E-state index in [1.54, 1.807) is 0 Å². The number of nitro benzene ring substituents is 1. The minimum atomic E-state index is -1.19. The van der Waals surface area contributed by atoms with Crippen LogP contribution in [0.1, 0.15) is 21.5 Å². The molecule has 0 saturated carbocycles. The van der Waals surface area contributed by atoms with Crippen LogP contribution in [0.4, 0.5) is 17.1 Å². The second-order valence-corrected chi connectivity index (χ2v) is 8.06. The first kappa shape index (κ1) is 22.3. The first-order valence-electron chi connectivity index (χ1n) is 10.9. The van der Waals surface area contributed by atoms with Gasteiger partial charge in [0.15, 0.2) is 0 Å². The number of anilines is 2. The van der Waals surface area contributed by atoms with Crippen LogP contribution in [0.3, 0.4) is 0 Å². The largest absolute Gasteiger partial charge is 0.478 e. The second kappa shape index (κ2) is 10.1. The third-order valence-corrected chi connectivity index (χ3v) is 5.84. The third-order valence-electron chi connectivity index (χ3n) is 5.84. The summed E-state index contributed by atoms with van der Waals surface area (Å²) < 4.78 is 0. The van der Waals surface area contributed by atoms with Gasteiger partial charge < -0.3 is 15.3 Å². The Balaban J connectivity index is 1.37. The molecule has 1 fully saturated rings. The maximum atomic E-state index is 11.4. The van der Waals surface area contributed by atoms with E-state index in [4.69, 9.17) is 5.11 Å². The van der Waals surface area contributed by atoms with Gasteiger partial charge in [-0.3, -0.25) is 15.0 Å². The Kier molecular flexibility index (Phi) is 6.85. The molecule has 8 nitrogen and oxygen atoms in total. The molecule has 0 aliphatic carbocycles. The van der Waals surface area contributed by atoms with Crippen LogP contribution < -0.4 is 10.2 Å². The van der Waals surface area contributed by atoms with Crippen molar-refractivity contribution >= 4 is 23.0 Å². The number of carbonyl (C=O) groups is 1. The Hall–Kier alpha value is -3.91. The number of carboxylic acids is 1. The number of hydrogen-bond donors (Lipinski definition) is 2. The number of benzene rings is 3. The van der Waals surface area contributed by atoms with Crippen LogP contribution in [0.15, 0.2) is 72.8 Å². The van der Waals surface area contributed by atoms with Crippen molar-refractivity contribution in [3.8, 4) is 0 Å². The topological polar surface area (TPSA) is 99.0 Å². The lowest BCUT2D eigenvalue weighted by Crippen LogP contribution is -2.45. The van der Waals surface area contributed by atoms with Gasteiger partial charge >= 0.3 is 5.97 Å². The Morgan fingerprint density at radius 2 is 1.73 bits per heavy atom. The monoisotopic (exact) mass is 446 g/mol. The summed E-state index contributed by atoms with van der Waals surface area (Å²) in [5, 5.41) is 23.7. The van der Waals surface area contributed by atoms with Crippen molar-refractivity contribution in [2.45, 2.75) is 13.1 Å². The molecule has 0 radical (unpaired) electrons. The molecule has 1 saturated heterocycles. The molecule has 170 valence electrons. The predicted molar refractivity (Wildman–Crippen MR) is 128 cm³/mol. The summed E-state index contributed by atoms with van der Waals surface area (Å²) in [5.74, 6) is -1.19. The average Bonchev–Trinajstić information content (AvgIpc) is 2.84. The van der Waals surface area contributed by atoms with Crippen molar-refractivity contribution in [2.75, 3.05) is 36.4 Å². The fourth-order valence-corrected chi connectivity index (χ4v) is 4.03. The van der Waals surface area contributed by atoms with E-state index in [0.717, 1.165) is 50.2 Å². The minimum Gasteiger partial charge on any atom is -0.478 e. The van der Waals surface area contributed by atoms with E-state index in [1.165, 1.54) is 17.7 Å². The fraction of sp³-hybridized carbons (Fsp3) is 0.240. The van der Waals surface area contributed by atoms with E-state index in [2.05, 4.69) is 45.4 Å². The van der Waals surface area contributed by atoms with Gasteiger partial charge in [-0.2, -0.15) is 0 Å². The maximum absolute atomic E-state index is 11.4. The second-order valence-electron chi connectivity index (χ2n) is 8.06. The first-order chi connectivity index (χ1) is 16.0. The van der Waals surface area contributed by atoms with E-state index in [0.29, 0.717) is 5.56 Å². The van der Waals surface area contributed by atoms with Crippen molar-refractivity contribution < 1.29 is 14.8 Å². The van der Waals surface area contributed by atoms with Crippen LogP contribution in [0.2, 0.25) is 0 Å². The highest BCUT2D eigenvalue weighted by Crippen LogP contribution is 2.25. The fourth-order valence-electron chi connectivity index (χ4n) is 4.03. The van der Waals surface area contributed by atoms with Gasteiger partial charge in [-0.1, -0.05) is 36.4 Å². The van der Waals surface area contributed by atoms with Crippen molar-refractivity contribution in [1.29, 1.82) is 0 Å². The molecular formula is C25H26N4O4. The number of nitro groups is 1. The summed E-state index contributed by atoms with van der Waals surface area (Å²) in [6.07, 6.45) is 0. The number of aromatic carboxylic acids is 1. The summed E-state index contributed by atoms with van der Waals surface area (Å²) in [5.41, 5.74) is 3.42. The summed E-state index contributed by atoms with van der Waals surface area (Å²) >= 11 is 0. The number of carboxylic acid groups (broad SMARTS) is 1. The smallest absolute Gasteiger partial charge is 0.335 e. The van der Waals surface area contributed by atoms with Crippen LogP contribution >= 0.6 is 0 Å². The van der Waals surface area contributed by atoms with E-state index in [1.807, 2.05) is 24.3 Å². The highest BCUT2D eigenvalue weighted by Gasteiger charge is 2.19. The van der Waals surface area contributed by atoms with Crippen molar-refractivity contribution in [3.05, 3.63) is 99.6 Å². The molecule has 0 bridgehead atoms. The van der Waals surface area contributed by atoms with Crippen LogP contribution in [0.25, 0.3) is 0 Å². The molecule has 1 aliphatic heterocycles. The molecule has 2 N–H and O–H groups in total. The van der Waals surface area contributed by atoms with Crippen LogP contribution in [-0.2, 0) is 13.1 Å². The molecule has 0 unspecified atom stereocenters. The number of piperazine rings is 1. The zero-order valence-corrected chi connectivity index (χ0v) is 18.2. The van der Waals surface area contributed by atoms with Gasteiger partial charge in [0.1, 0.15) is 0 Å². The third kappa shape index (κ3) is 5.67. The number of rotatable bonds is 8. The quantitative estimate of drug-likeness (QED) is 0.395. The lowest BCUT2D eigenvalue weighted by molar-refractivity contribution is -0.385. The van der Waals surface area contributed by atoms with Gasteiger partial charge in [0.05, 0.1) is 10.5 Å². The highest BCUT2D eigenvalue weighted by molar-refractivity contribution is 5.88. The average molecular weight is 447 g/mol. The molecule has 0 atom stereocenters. The van der Waals surface area contributed by atoms with Gasteiger partial charge in [-0.05, 0) is 35.9 Å². The number of nitrogens with one attached hydrogen (secondary N) is 1. The molecule has 0 aromatic heterocycles. The van der Waals surface area contributed by atoms with E-state index in [-0.39, 0.29) is 17.8 Å². The van der Waals surface area contributed by atoms with E-state index in [9.17, 15) is 14.9 Å². The molecule has 1 aliphatic rings.